The van der Waals surface area contributed by atoms with Crippen molar-refractivity contribution in [1.82, 2.24) is 10.2 Å². The Bertz CT molecular complexity index is 1230. The van der Waals surface area contributed by atoms with Gasteiger partial charge in [0.15, 0.2) is 0 Å². The molecule has 4 fully saturated rings. The maximum Gasteiger partial charge on any atom is 0.410 e. The van der Waals surface area contributed by atoms with Crippen LogP contribution in [-0.2, 0) is 31.0 Å². The molecule has 9 heteroatoms. The summed E-state index contributed by atoms with van der Waals surface area (Å²) in [6.45, 7) is 9.25. The molecule has 2 aromatic carbocycles. The number of nitrogens with zero attached hydrogens (tertiary/aromatic N) is 1. The number of benzene rings is 2. The number of esters is 1. The first-order valence-corrected chi connectivity index (χ1v) is 16.8. The molecule has 2 spiro atoms. The quantitative estimate of drug-likeness (QED) is 0.266. The van der Waals surface area contributed by atoms with Crippen molar-refractivity contribution in [2.45, 2.75) is 76.8 Å². The third kappa shape index (κ3) is 9.54. The van der Waals surface area contributed by atoms with Crippen molar-refractivity contribution in [3.05, 3.63) is 71.8 Å². The third-order valence-corrected chi connectivity index (χ3v) is 9.84. The van der Waals surface area contributed by atoms with E-state index in [0.29, 0.717) is 19.7 Å². The van der Waals surface area contributed by atoms with Gasteiger partial charge in [-0.15, -0.1) is 0 Å². The summed E-state index contributed by atoms with van der Waals surface area (Å²) in [5, 5.41) is 12.9. The van der Waals surface area contributed by atoms with Gasteiger partial charge in [-0.1, -0.05) is 76.6 Å². The standard InChI is InChI=1S/C20H27NO4.C8H13NO2.C7H7Br/c1-19(2,3)25-18(23)21-11-9-20(10-12-21)13-16(20)17(22)24-14-15-7-5-4-6-8-15;10-7(11)6-5-8(6)1-3-9-4-2-8;8-6-7-4-2-1-3-5-7/h4-8,16H,9-14H2,1-3H3;6,9H,1-5H2,(H,10,11);1-5H,6H2. The van der Waals surface area contributed by atoms with Gasteiger partial charge in [-0.2, -0.15) is 0 Å². The summed E-state index contributed by atoms with van der Waals surface area (Å²) >= 11 is 3.36. The van der Waals surface area contributed by atoms with E-state index in [1.54, 1.807) is 4.90 Å². The number of hydrogen-bond donors (Lipinski definition) is 2. The van der Waals surface area contributed by atoms with Gasteiger partial charge in [0, 0.05) is 18.4 Å². The summed E-state index contributed by atoms with van der Waals surface area (Å²) in [4.78, 5) is 36.8. The van der Waals surface area contributed by atoms with Crippen molar-refractivity contribution in [3.8, 4) is 0 Å². The Kier molecular flexibility index (Phi) is 11.5. The second-order valence-electron chi connectivity index (χ2n) is 13.5. The Labute approximate surface area is 270 Å². The molecule has 2 saturated heterocycles. The molecule has 2 heterocycles. The Hall–Kier alpha value is -2.91. The molecule has 240 valence electrons. The number of carbonyl (C=O) groups excluding carboxylic acids is 2. The zero-order valence-electron chi connectivity index (χ0n) is 26.2. The molecular weight excluding hydrogens is 624 g/mol. The third-order valence-electron chi connectivity index (χ3n) is 9.19. The number of likely N-dealkylation sites (tertiary alicyclic amines) is 1. The molecule has 0 aromatic heterocycles. The zero-order valence-corrected chi connectivity index (χ0v) is 27.8. The van der Waals surface area contributed by atoms with Gasteiger partial charge in [0.25, 0.3) is 0 Å². The van der Waals surface area contributed by atoms with Crippen LogP contribution in [-0.4, -0.2) is 59.8 Å². The summed E-state index contributed by atoms with van der Waals surface area (Å²) < 4.78 is 10.9. The van der Waals surface area contributed by atoms with Crippen LogP contribution in [0.25, 0.3) is 0 Å². The van der Waals surface area contributed by atoms with E-state index in [4.69, 9.17) is 14.6 Å². The van der Waals surface area contributed by atoms with Gasteiger partial charge in [-0.3, -0.25) is 9.59 Å². The smallest absolute Gasteiger partial charge is 0.410 e. The normalized spacial score (nSPS) is 22.4. The van der Waals surface area contributed by atoms with Crippen molar-refractivity contribution in [1.29, 1.82) is 0 Å². The van der Waals surface area contributed by atoms with E-state index in [-0.39, 0.29) is 34.7 Å². The minimum Gasteiger partial charge on any atom is -0.481 e. The van der Waals surface area contributed by atoms with Crippen LogP contribution in [0.4, 0.5) is 4.79 Å². The first-order valence-electron chi connectivity index (χ1n) is 15.7. The van der Waals surface area contributed by atoms with Crippen LogP contribution in [0.1, 0.15) is 70.4 Å². The van der Waals surface area contributed by atoms with Gasteiger partial charge in [-0.25, -0.2) is 4.79 Å². The lowest BCUT2D eigenvalue weighted by Gasteiger charge is -2.34. The number of halogens is 1. The number of rotatable bonds is 5. The van der Waals surface area contributed by atoms with Gasteiger partial charge in [0.05, 0.1) is 11.8 Å². The van der Waals surface area contributed by atoms with Crippen LogP contribution in [0.2, 0.25) is 0 Å². The Morgan fingerprint density at radius 2 is 1.39 bits per heavy atom. The fourth-order valence-electron chi connectivity index (χ4n) is 6.27. The van der Waals surface area contributed by atoms with Gasteiger partial charge >= 0.3 is 18.0 Å². The predicted molar refractivity (Wildman–Crippen MR) is 173 cm³/mol. The zero-order chi connectivity index (χ0) is 31.8. The van der Waals surface area contributed by atoms with Crippen LogP contribution >= 0.6 is 15.9 Å². The number of piperidine rings is 2. The maximum absolute atomic E-state index is 12.3. The molecule has 2 N–H and O–H groups in total. The number of amides is 1. The van der Waals surface area contributed by atoms with E-state index in [9.17, 15) is 14.4 Å². The summed E-state index contributed by atoms with van der Waals surface area (Å²) in [5.41, 5.74) is 2.09. The van der Waals surface area contributed by atoms with Gasteiger partial charge in [0.1, 0.15) is 12.2 Å². The number of carboxylic acid groups (broad SMARTS) is 1. The molecule has 8 nitrogen and oxygen atoms in total. The van der Waals surface area contributed by atoms with Crippen molar-refractivity contribution >= 4 is 34.0 Å². The second-order valence-corrected chi connectivity index (χ2v) is 14.1. The van der Waals surface area contributed by atoms with Crippen LogP contribution < -0.4 is 5.32 Å². The number of carbonyl (C=O) groups is 3. The maximum atomic E-state index is 12.3. The van der Waals surface area contributed by atoms with E-state index in [0.717, 1.165) is 62.5 Å². The highest BCUT2D eigenvalue weighted by Crippen LogP contribution is 2.60. The summed E-state index contributed by atoms with van der Waals surface area (Å²) in [6, 6.07) is 20.0. The Morgan fingerprint density at radius 3 is 1.86 bits per heavy atom. The number of alkyl halides is 1. The molecule has 2 atom stereocenters. The molecule has 1 amide bonds. The number of nitrogens with one attached hydrogen (secondary N) is 1. The number of ether oxygens (including phenoxy) is 2. The van der Waals surface area contributed by atoms with Crippen molar-refractivity contribution in [2.24, 2.45) is 22.7 Å². The fraction of sp³-hybridized carbons (Fsp3) is 0.571. The minimum atomic E-state index is -0.591. The SMILES string of the molecule is BrCc1ccccc1.CC(C)(C)OC(=O)N1CCC2(CC1)CC2C(=O)OCc1ccccc1.O=C(O)C1CC12CCNCC2. The van der Waals surface area contributed by atoms with E-state index in [1.165, 1.54) is 5.56 Å². The van der Waals surface area contributed by atoms with E-state index >= 15 is 0 Å². The van der Waals surface area contributed by atoms with Crippen LogP contribution in [0.3, 0.4) is 0 Å². The minimum absolute atomic E-state index is 0.0167. The van der Waals surface area contributed by atoms with Gasteiger partial charge in [0.2, 0.25) is 0 Å². The molecule has 6 rings (SSSR count). The molecule has 2 saturated carbocycles. The van der Waals surface area contributed by atoms with Crippen molar-refractivity contribution < 1.29 is 29.0 Å². The number of hydrogen-bond acceptors (Lipinski definition) is 6. The summed E-state index contributed by atoms with van der Waals surface area (Å²) in [6.07, 6.45) is 5.35. The lowest BCUT2D eigenvalue weighted by molar-refractivity contribution is -0.147. The highest BCUT2D eigenvalue weighted by atomic mass is 79.9. The fourth-order valence-corrected chi connectivity index (χ4v) is 6.64. The van der Waals surface area contributed by atoms with Crippen LogP contribution in [0, 0.1) is 22.7 Å². The highest BCUT2D eigenvalue weighted by Gasteiger charge is 2.60. The Morgan fingerprint density at radius 1 is 0.864 bits per heavy atom. The second kappa shape index (κ2) is 14.9. The summed E-state index contributed by atoms with van der Waals surface area (Å²) in [7, 11) is 0. The largest absolute Gasteiger partial charge is 0.481 e. The molecule has 0 bridgehead atoms. The highest BCUT2D eigenvalue weighted by molar-refractivity contribution is 9.08. The molecule has 2 unspecified atom stereocenters. The van der Waals surface area contributed by atoms with Crippen LogP contribution in [0.15, 0.2) is 60.7 Å². The summed E-state index contributed by atoms with van der Waals surface area (Å²) in [5.74, 6) is -0.733. The van der Waals surface area contributed by atoms with Crippen molar-refractivity contribution in [3.63, 3.8) is 0 Å². The lowest BCUT2D eigenvalue weighted by Crippen LogP contribution is -2.42. The molecular formula is C35H47BrN2O6. The van der Waals surface area contributed by atoms with Crippen molar-refractivity contribution in [2.75, 3.05) is 26.2 Å². The van der Waals surface area contributed by atoms with E-state index in [2.05, 4.69) is 33.4 Å². The van der Waals surface area contributed by atoms with E-state index < -0.39 is 11.6 Å². The molecule has 2 aromatic rings. The monoisotopic (exact) mass is 670 g/mol. The molecule has 4 aliphatic rings. The first-order chi connectivity index (χ1) is 21.0. The number of aliphatic carboxylic acids is 1. The average Bonchev–Trinajstić information content (AvgIpc) is 3.92. The van der Waals surface area contributed by atoms with E-state index in [1.807, 2.05) is 69.3 Å². The average molecular weight is 672 g/mol. The molecule has 2 aliphatic heterocycles. The predicted octanol–water partition coefficient (Wildman–Crippen LogP) is 6.81. The molecule has 0 radical (unpaired) electrons. The van der Waals surface area contributed by atoms with Gasteiger partial charge in [-0.05, 0) is 94.3 Å². The molecule has 2 aliphatic carbocycles. The van der Waals surface area contributed by atoms with Crippen LogP contribution in [0.5, 0.6) is 0 Å². The Balaban J connectivity index is 0.000000189. The molecule has 44 heavy (non-hydrogen) atoms. The first kappa shape index (κ1) is 34.0. The lowest BCUT2D eigenvalue weighted by atomic mass is 9.91. The van der Waals surface area contributed by atoms with Gasteiger partial charge < -0.3 is 24.8 Å². The number of carboxylic acids is 1. The topological polar surface area (TPSA) is 105 Å².